The van der Waals surface area contributed by atoms with Gasteiger partial charge in [0.05, 0.1) is 30.7 Å². The third-order valence-electron chi connectivity index (χ3n) is 5.43. The van der Waals surface area contributed by atoms with Crippen LogP contribution in [0, 0.1) is 12.8 Å². The summed E-state index contributed by atoms with van der Waals surface area (Å²) in [5.41, 5.74) is 1.74. The number of aryl methyl sites for hydroxylation is 1. The highest BCUT2D eigenvalue weighted by Crippen LogP contribution is 2.40. The van der Waals surface area contributed by atoms with Gasteiger partial charge in [0.1, 0.15) is 23.3 Å². The summed E-state index contributed by atoms with van der Waals surface area (Å²) in [6.45, 7) is 6.66. The first-order chi connectivity index (χ1) is 15.9. The number of likely N-dealkylation sites (tertiary alicyclic amines) is 1. The van der Waals surface area contributed by atoms with Crippen LogP contribution in [0.4, 0.5) is 0 Å². The van der Waals surface area contributed by atoms with Crippen LogP contribution in [-0.4, -0.2) is 33.3 Å². The van der Waals surface area contributed by atoms with Gasteiger partial charge in [-0.3, -0.25) is 14.6 Å². The van der Waals surface area contributed by atoms with Crippen molar-refractivity contribution in [3.63, 3.8) is 0 Å². The maximum absolute atomic E-state index is 13.1. The zero-order valence-corrected chi connectivity index (χ0v) is 18.8. The Labute approximate surface area is 192 Å². The molecule has 1 saturated heterocycles. The predicted molar refractivity (Wildman–Crippen MR) is 122 cm³/mol. The Morgan fingerprint density at radius 3 is 2.64 bits per heavy atom. The van der Waals surface area contributed by atoms with Gasteiger partial charge in [0.15, 0.2) is 0 Å². The van der Waals surface area contributed by atoms with Crippen molar-refractivity contribution in [3.05, 3.63) is 89.1 Å². The number of amides is 1. The smallest absolute Gasteiger partial charge is 0.296 e. The molecule has 3 heterocycles. The number of nitrogens with zero attached hydrogens (tertiary/aromatic N) is 2. The van der Waals surface area contributed by atoms with E-state index >= 15 is 0 Å². The van der Waals surface area contributed by atoms with E-state index in [-0.39, 0.29) is 17.9 Å². The summed E-state index contributed by atoms with van der Waals surface area (Å²) in [7, 11) is 0. The largest absolute Gasteiger partial charge is 0.507 e. The minimum atomic E-state index is -0.839. The Hall–Kier alpha value is -3.87. The van der Waals surface area contributed by atoms with Crippen molar-refractivity contribution in [3.8, 4) is 5.75 Å². The van der Waals surface area contributed by atoms with E-state index in [0.717, 1.165) is 5.56 Å². The van der Waals surface area contributed by atoms with Crippen molar-refractivity contribution >= 4 is 17.4 Å². The number of aliphatic hydroxyl groups excluding tert-OH is 1. The van der Waals surface area contributed by atoms with Crippen LogP contribution >= 0.6 is 0 Å². The maximum Gasteiger partial charge on any atom is 0.296 e. The molecule has 1 fully saturated rings. The molecule has 0 radical (unpaired) electrons. The van der Waals surface area contributed by atoms with Gasteiger partial charge in [0, 0.05) is 11.8 Å². The molecule has 4 rings (SSSR count). The highest BCUT2D eigenvalue weighted by molar-refractivity contribution is 6.46. The number of carbonyl (C=O) groups is 2. The number of Topliss-reactive ketones (excluding diaryl/α,β-unsaturated/α-hetero) is 1. The molecule has 7 nitrogen and oxygen atoms in total. The van der Waals surface area contributed by atoms with Gasteiger partial charge in [-0.15, -0.1) is 0 Å². The number of rotatable bonds is 7. The van der Waals surface area contributed by atoms with Crippen LogP contribution in [0.3, 0.4) is 0 Å². The fraction of sp³-hybridized carbons (Fsp3) is 0.269. The Balaban J connectivity index is 1.77. The lowest BCUT2D eigenvalue weighted by Crippen LogP contribution is -2.29. The lowest BCUT2D eigenvalue weighted by molar-refractivity contribution is -0.140. The highest BCUT2D eigenvalue weighted by atomic mass is 16.5. The second-order valence-electron chi connectivity index (χ2n) is 8.45. The molecule has 1 aliphatic rings. The molecular formula is C26H26N2O5. The van der Waals surface area contributed by atoms with E-state index in [2.05, 4.69) is 18.8 Å². The monoisotopic (exact) mass is 446 g/mol. The van der Waals surface area contributed by atoms with E-state index in [0.29, 0.717) is 35.3 Å². The zero-order chi connectivity index (χ0) is 23.5. The van der Waals surface area contributed by atoms with Gasteiger partial charge in [-0.25, -0.2) is 0 Å². The van der Waals surface area contributed by atoms with Crippen molar-refractivity contribution in [2.45, 2.75) is 33.4 Å². The highest BCUT2D eigenvalue weighted by Gasteiger charge is 2.47. The van der Waals surface area contributed by atoms with Gasteiger partial charge >= 0.3 is 0 Å². The molecule has 0 saturated carbocycles. The fourth-order valence-corrected chi connectivity index (χ4v) is 3.83. The zero-order valence-electron chi connectivity index (χ0n) is 18.8. The van der Waals surface area contributed by atoms with Crippen LogP contribution in [-0.2, 0) is 16.1 Å². The summed E-state index contributed by atoms with van der Waals surface area (Å²) < 4.78 is 11.2. The van der Waals surface area contributed by atoms with Crippen LogP contribution in [0.1, 0.15) is 42.5 Å². The SMILES string of the molecule is Cc1cc(/C(O)=C2/C(=O)C(=O)N(Cc3ccco3)C2c2ccccn2)ccc1OCC(C)C. The van der Waals surface area contributed by atoms with Gasteiger partial charge in [-0.2, -0.15) is 0 Å². The normalized spacial score (nSPS) is 17.7. The molecule has 1 unspecified atom stereocenters. The van der Waals surface area contributed by atoms with Crippen molar-refractivity contribution in [2.75, 3.05) is 6.61 Å². The maximum atomic E-state index is 13.1. The number of aromatic nitrogens is 1. The van der Waals surface area contributed by atoms with E-state index in [4.69, 9.17) is 9.15 Å². The van der Waals surface area contributed by atoms with Crippen LogP contribution in [0.25, 0.3) is 5.76 Å². The summed E-state index contributed by atoms with van der Waals surface area (Å²) in [6, 6.07) is 13.1. The average molecular weight is 447 g/mol. The molecule has 0 spiro atoms. The molecule has 1 atom stereocenters. The predicted octanol–water partition coefficient (Wildman–Crippen LogP) is 4.64. The first-order valence-corrected chi connectivity index (χ1v) is 10.8. The summed E-state index contributed by atoms with van der Waals surface area (Å²) in [5, 5.41) is 11.2. The molecule has 0 aliphatic carbocycles. The van der Waals surface area contributed by atoms with Gasteiger partial charge in [0.25, 0.3) is 11.7 Å². The summed E-state index contributed by atoms with van der Waals surface area (Å²) in [4.78, 5) is 31.8. The average Bonchev–Trinajstić information content (AvgIpc) is 3.40. The van der Waals surface area contributed by atoms with Crippen molar-refractivity contribution < 1.29 is 23.8 Å². The topological polar surface area (TPSA) is 92.9 Å². The molecule has 7 heteroatoms. The summed E-state index contributed by atoms with van der Waals surface area (Å²) >= 11 is 0. The van der Waals surface area contributed by atoms with E-state index in [1.54, 1.807) is 54.7 Å². The third-order valence-corrected chi connectivity index (χ3v) is 5.43. The van der Waals surface area contributed by atoms with Crippen molar-refractivity contribution in [2.24, 2.45) is 5.92 Å². The summed E-state index contributed by atoms with van der Waals surface area (Å²) in [5.74, 6) is -0.102. The molecule has 33 heavy (non-hydrogen) atoms. The second kappa shape index (κ2) is 9.32. The standard InChI is InChI=1S/C26H26N2O5/c1-16(2)15-33-21-10-9-18(13-17(21)3)24(29)22-23(20-8-4-5-11-27-20)28(26(31)25(22)30)14-19-7-6-12-32-19/h4-13,16,23,29H,14-15H2,1-3H3/b24-22-. The Morgan fingerprint density at radius 1 is 1.18 bits per heavy atom. The van der Waals surface area contributed by atoms with Gasteiger partial charge < -0.3 is 19.2 Å². The molecule has 1 aromatic carbocycles. The van der Waals surface area contributed by atoms with E-state index < -0.39 is 17.7 Å². The van der Waals surface area contributed by atoms with E-state index in [9.17, 15) is 14.7 Å². The van der Waals surface area contributed by atoms with Crippen LogP contribution in [0.2, 0.25) is 0 Å². The quantitative estimate of drug-likeness (QED) is 0.323. The number of hydrogen-bond acceptors (Lipinski definition) is 6. The Bertz CT molecular complexity index is 1180. The molecule has 1 aliphatic heterocycles. The second-order valence-corrected chi connectivity index (χ2v) is 8.45. The number of carbonyl (C=O) groups excluding carboxylic acids is 2. The molecule has 170 valence electrons. The first kappa shape index (κ1) is 22.3. The Kier molecular flexibility index (Phi) is 6.31. The lowest BCUT2D eigenvalue weighted by atomic mass is 9.97. The van der Waals surface area contributed by atoms with E-state index in [1.165, 1.54) is 11.2 Å². The number of hydrogen-bond donors (Lipinski definition) is 1. The van der Waals surface area contributed by atoms with E-state index in [1.807, 2.05) is 6.92 Å². The number of pyridine rings is 1. The molecule has 0 bridgehead atoms. The van der Waals surface area contributed by atoms with Crippen molar-refractivity contribution in [1.82, 2.24) is 9.88 Å². The molecule has 2 aromatic heterocycles. The van der Waals surface area contributed by atoms with Crippen LogP contribution in [0.15, 0.2) is 71.0 Å². The lowest BCUT2D eigenvalue weighted by Gasteiger charge is -2.23. The number of benzene rings is 1. The molecular weight excluding hydrogens is 420 g/mol. The van der Waals surface area contributed by atoms with Crippen molar-refractivity contribution in [1.29, 1.82) is 0 Å². The fourth-order valence-electron chi connectivity index (χ4n) is 3.83. The van der Waals surface area contributed by atoms with Crippen LogP contribution < -0.4 is 4.74 Å². The third kappa shape index (κ3) is 4.53. The summed E-state index contributed by atoms with van der Waals surface area (Å²) in [6.07, 6.45) is 3.10. The van der Waals surface area contributed by atoms with Gasteiger partial charge in [-0.05, 0) is 60.9 Å². The molecule has 3 aromatic rings. The van der Waals surface area contributed by atoms with Gasteiger partial charge in [-0.1, -0.05) is 19.9 Å². The molecule has 1 N–H and O–H groups in total. The number of aliphatic hydroxyl groups is 1. The minimum absolute atomic E-state index is 0.000468. The van der Waals surface area contributed by atoms with Gasteiger partial charge in [0.2, 0.25) is 0 Å². The number of ether oxygens (including phenoxy) is 1. The Morgan fingerprint density at radius 2 is 2.00 bits per heavy atom. The minimum Gasteiger partial charge on any atom is -0.507 e. The first-order valence-electron chi connectivity index (χ1n) is 10.8. The molecule has 1 amide bonds. The number of furan rings is 1. The van der Waals surface area contributed by atoms with Crippen LogP contribution in [0.5, 0.6) is 5.75 Å². The number of ketones is 1.